The zero-order chi connectivity index (χ0) is 21.8. The Morgan fingerprint density at radius 1 is 0.742 bits per heavy atom. The molecule has 154 valence electrons. The molecule has 7 nitrogen and oxygen atoms in total. The molecular weight excluding hydrogens is 412 g/mol. The molecule has 8 heteroatoms. The summed E-state index contributed by atoms with van der Waals surface area (Å²) in [6.07, 6.45) is 0. The van der Waals surface area contributed by atoms with Gasteiger partial charge in [0.1, 0.15) is 0 Å². The van der Waals surface area contributed by atoms with Gasteiger partial charge in [-0.1, -0.05) is 29.5 Å². The van der Waals surface area contributed by atoms with Crippen LogP contribution in [0.15, 0.2) is 72.8 Å². The fourth-order valence-electron chi connectivity index (χ4n) is 2.93. The fourth-order valence-corrected chi connectivity index (χ4v) is 3.83. The van der Waals surface area contributed by atoms with Crippen LogP contribution in [0, 0.1) is 0 Å². The van der Waals surface area contributed by atoms with Crippen LogP contribution < -0.4 is 16.0 Å². The van der Waals surface area contributed by atoms with Crippen LogP contribution in [0.1, 0.15) is 27.6 Å². The van der Waals surface area contributed by atoms with Gasteiger partial charge in [-0.15, -0.1) is 0 Å². The number of benzene rings is 3. The van der Waals surface area contributed by atoms with E-state index in [1.807, 2.05) is 12.1 Å². The smallest absolute Gasteiger partial charge is 0.257 e. The predicted molar refractivity (Wildman–Crippen MR) is 123 cm³/mol. The van der Waals surface area contributed by atoms with Gasteiger partial charge in [0, 0.05) is 29.4 Å². The van der Waals surface area contributed by atoms with Gasteiger partial charge < -0.3 is 10.6 Å². The number of hydrogen-bond donors (Lipinski definition) is 3. The van der Waals surface area contributed by atoms with Crippen LogP contribution in [0.3, 0.4) is 0 Å². The maximum Gasteiger partial charge on any atom is 0.257 e. The first-order valence-corrected chi connectivity index (χ1v) is 10.3. The fraction of sp³-hybridized carbons (Fsp3) is 0.0435. The Hall–Kier alpha value is -4.04. The molecule has 0 radical (unpaired) electrons. The molecule has 3 N–H and O–H groups in total. The van der Waals surface area contributed by atoms with E-state index >= 15 is 0 Å². The number of carbonyl (C=O) groups excluding carboxylic acids is 3. The molecule has 0 saturated carbocycles. The number of thiazole rings is 1. The standard InChI is InChI=1S/C23H18N4O3S/c1-14(28)24-18-11-12-19-20(13-18)31-23(26-19)27-22(30)16-7-9-17(10-8-16)25-21(29)15-5-3-2-4-6-15/h2-13H,1H3,(H,24,28)(H,25,29)(H,26,27,30). The molecule has 0 spiro atoms. The van der Waals surface area contributed by atoms with Gasteiger partial charge in [-0.25, -0.2) is 4.98 Å². The van der Waals surface area contributed by atoms with Crippen molar-refractivity contribution in [2.45, 2.75) is 6.92 Å². The predicted octanol–water partition coefficient (Wildman–Crippen LogP) is 4.76. The Morgan fingerprint density at radius 3 is 2.10 bits per heavy atom. The molecule has 1 heterocycles. The minimum absolute atomic E-state index is 0.152. The summed E-state index contributed by atoms with van der Waals surface area (Å²) >= 11 is 1.32. The maximum atomic E-state index is 12.6. The van der Waals surface area contributed by atoms with Gasteiger partial charge in [-0.05, 0) is 54.6 Å². The highest BCUT2D eigenvalue weighted by Crippen LogP contribution is 2.28. The van der Waals surface area contributed by atoms with Crippen LogP contribution in [-0.4, -0.2) is 22.7 Å². The van der Waals surface area contributed by atoms with Gasteiger partial charge in [-0.2, -0.15) is 0 Å². The number of aromatic nitrogens is 1. The number of carbonyl (C=O) groups is 3. The number of rotatable bonds is 5. The molecule has 4 rings (SSSR count). The Bertz CT molecular complexity index is 1270. The van der Waals surface area contributed by atoms with E-state index in [4.69, 9.17) is 0 Å². The van der Waals surface area contributed by atoms with E-state index in [2.05, 4.69) is 20.9 Å². The number of nitrogens with one attached hydrogen (secondary N) is 3. The molecule has 0 saturated heterocycles. The lowest BCUT2D eigenvalue weighted by Crippen LogP contribution is -2.13. The third-order valence-electron chi connectivity index (χ3n) is 4.37. The first-order valence-electron chi connectivity index (χ1n) is 9.44. The lowest BCUT2D eigenvalue weighted by molar-refractivity contribution is -0.114. The normalized spacial score (nSPS) is 10.5. The SMILES string of the molecule is CC(=O)Nc1ccc2nc(NC(=O)c3ccc(NC(=O)c4ccccc4)cc3)sc2c1. The summed E-state index contributed by atoms with van der Waals surface area (Å²) in [6, 6.07) is 20.9. The van der Waals surface area contributed by atoms with Crippen molar-refractivity contribution in [1.82, 2.24) is 4.98 Å². The van der Waals surface area contributed by atoms with Crippen LogP contribution >= 0.6 is 11.3 Å². The molecule has 0 aliphatic rings. The van der Waals surface area contributed by atoms with Crippen LogP contribution in [0.2, 0.25) is 0 Å². The van der Waals surface area contributed by atoms with Crippen LogP contribution in [-0.2, 0) is 4.79 Å². The van der Waals surface area contributed by atoms with Crippen molar-refractivity contribution in [2.24, 2.45) is 0 Å². The quantitative estimate of drug-likeness (QED) is 0.425. The second-order valence-corrected chi connectivity index (χ2v) is 7.76. The van der Waals surface area contributed by atoms with E-state index in [0.717, 1.165) is 10.2 Å². The topological polar surface area (TPSA) is 100 Å². The first kappa shape index (κ1) is 20.2. The third-order valence-corrected chi connectivity index (χ3v) is 5.30. The van der Waals surface area contributed by atoms with Crippen molar-refractivity contribution < 1.29 is 14.4 Å². The lowest BCUT2D eigenvalue weighted by Gasteiger charge is -2.06. The summed E-state index contributed by atoms with van der Waals surface area (Å²) in [5.74, 6) is -0.672. The zero-order valence-corrected chi connectivity index (χ0v) is 17.3. The van der Waals surface area contributed by atoms with Crippen LogP contribution in [0.25, 0.3) is 10.2 Å². The summed E-state index contributed by atoms with van der Waals surface area (Å²) < 4.78 is 0.848. The lowest BCUT2D eigenvalue weighted by atomic mass is 10.1. The van der Waals surface area contributed by atoms with Crippen molar-refractivity contribution >= 4 is 55.8 Å². The molecule has 0 unspecified atom stereocenters. The second-order valence-electron chi connectivity index (χ2n) is 6.73. The monoisotopic (exact) mass is 430 g/mol. The molecule has 0 aliphatic heterocycles. The average molecular weight is 430 g/mol. The van der Waals surface area contributed by atoms with E-state index in [9.17, 15) is 14.4 Å². The number of nitrogens with zero attached hydrogens (tertiary/aromatic N) is 1. The summed E-state index contributed by atoms with van der Waals surface area (Å²) in [7, 11) is 0. The Balaban J connectivity index is 1.42. The van der Waals surface area contributed by atoms with Gasteiger partial charge in [0.15, 0.2) is 5.13 Å². The Labute approximate surface area is 182 Å². The number of anilines is 3. The largest absolute Gasteiger partial charge is 0.326 e. The van der Waals surface area contributed by atoms with Crippen molar-refractivity contribution in [3.05, 3.63) is 83.9 Å². The Morgan fingerprint density at radius 2 is 1.39 bits per heavy atom. The van der Waals surface area contributed by atoms with E-state index in [0.29, 0.717) is 27.6 Å². The molecule has 0 atom stereocenters. The maximum absolute atomic E-state index is 12.6. The van der Waals surface area contributed by atoms with Gasteiger partial charge in [0.2, 0.25) is 5.91 Å². The van der Waals surface area contributed by atoms with Crippen LogP contribution in [0.5, 0.6) is 0 Å². The summed E-state index contributed by atoms with van der Waals surface area (Å²) in [6.45, 7) is 1.45. The summed E-state index contributed by atoms with van der Waals surface area (Å²) in [5.41, 5.74) is 3.00. The molecule has 3 aromatic carbocycles. The van der Waals surface area contributed by atoms with Crippen molar-refractivity contribution in [1.29, 1.82) is 0 Å². The molecule has 0 bridgehead atoms. The molecule has 0 aliphatic carbocycles. The van der Waals surface area contributed by atoms with E-state index in [-0.39, 0.29) is 17.7 Å². The Kier molecular flexibility index (Phi) is 5.72. The highest BCUT2D eigenvalue weighted by Gasteiger charge is 2.11. The number of hydrogen-bond acceptors (Lipinski definition) is 5. The van der Waals surface area contributed by atoms with Gasteiger partial charge in [-0.3, -0.25) is 19.7 Å². The highest BCUT2D eigenvalue weighted by atomic mass is 32.1. The number of amides is 3. The molecule has 31 heavy (non-hydrogen) atoms. The van der Waals surface area contributed by atoms with Crippen LogP contribution in [0.4, 0.5) is 16.5 Å². The molecule has 3 amide bonds. The van der Waals surface area contributed by atoms with Gasteiger partial charge in [0.05, 0.1) is 10.2 Å². The highest BCUT2D eigenvalue weighted by molar-refractivity contribution is 7.22. The van der Waals surface area contributed by atoms with E-state index in [1.54, 1.807) is 60.7 Å². The number of fused-ring (bicyclic) bond motifs is 1. The summed E-state index contributed by atoms with van der Waals surface area (Å²) in [4.78, 5) is 40.4. The van der Waals surface area contributed by atoms with E-state index < -0.39 is 0 Å². The minimum Gasteiger partial charge on any atom is -0.326 e. The van der Waals surface area contributed by atoms with Gasteiger partial charge >= 0.3 is 0 Å². The van der Waals surface area contributed by atoms with Crippen molar-refractivity contribution in [2.75, 3.05) is 16.0 Å². The molecule has 1 aromatic heterocycles. The molecule has 0 fully saturated rings. The van der Waals surface area contributed by atoms with Crippen molar-refractivity contribution in [3.63, 3.8) is 0 Å². The molecule has 4 aromatic rings. The molecular formula is C23H18N4O3S. The van der Waals surface area contributed by atoms with E-state index in [1.165, 1.54) is 18.3 Å². The zero-order valence-electron chi connectivity index (χ0n) is 16.5. The first-order chi connectivity index (χ1) is 15.0. The summed E-state index contributed by atoms with van der Waals surface area (Å²) in [5, 5.41) is 8.77. The van der Waals surface area contributed by atoms with Gasteiger partial charge in [0.25, 0.3) is 11.8 Å². The minimum atomic E-state index is -0.304. The third kappa shape index (κ3) is 4.93. The van der Waals surface area contributed by atoms with Crippen molar-refractivity contribution in [3.8, 4) is 0 Å². The average Bonchev–Trinajstić information content (AvgIpc) is 3.16. The second kappa shape index (κ2) is 8.76.